The number of thiophene rings is 1. The second-order valence-corrected chi connectivity index (χ2v) is 11.5. The highest BCUT2D eigenvalue weighted by Gasteiger charge is 2.37. The molecular formula is C27H24Br2OS. The molecule has 0 bridgehead atoms. The van der Waals surface area contributed by atoms with Crippen LogP contribution in [0.4, 0.5) is 0 Å². The predicted octanol–water partition coefficient (Wildman–Crippen LogP) is 8.52. The molecule has 1 unspecified atom stereocenters. The van der Waals surface area contributed by atoms with Crippen LogP contribution in [0.2, 0.25) is 0 Å². The summed E-state index contributed by atoms with van der Waals surface area (Å²) in [5.41, 5.74) is 3.81. The van der Waals surface area contributed by atoms with Crippen molar-refractivity contribution >= 4 is 43.2 Å². The molecule has 0 amide bonds. The fraction of sp³-hybridized carbons (Fsp3) is 0.185. The minimum atomic E-state index is -1.27. The Morgan fingerprint density at radius 1 is 0.742 bits per heavy atom. The Kier molecular flexibility index (Phi) is 6.28. The number of hydrogen-bond donors (Lipinski definition) is 1. The molecule has 158 valence electrons. The van der Waals surface area contributed by atoms with Crippen LogP contribution in [0.25, 0.3) is 11.1 Å². The summed E-state index contributed by atoms with van der Waals surface area (Å²) in [7, 11) is 0. The van der Waals surface area contributed by atoms with Crippen molar-refractivity contribution in [2.75, 3.05) is 0 Å². The molecule has 1 atom stereocenters. The Morgan fingerprint density at radius 2 is 1.35 bits per heavy atom. The molecule has 0 saturated heterocycles. The predicted molar refractivity (Wildman–Crippen MR) is 139 cm³/mol. The zero-order chi connectivity index (χ0) is 22.2. The highest BCUT2D eigenvalue weighted by molar-refractivity contribution is 9.10. The van der Waals surface area contributed by atoms with Crippen LogP contribution in [0.1, 0.15) is 42.3 Å². The summed E-state index contributed by atoms with van der Waals surface area (Å²) in [6.07, 6.45) is 0. The molecule has 4 rings (SSSR count). The summed E-state index contributed by atoms with van der Waals surface area (Å²) in [6, 6.07) is 26.7. The highest BCUT2D eigenvalue weighted by Crippen LogP contribution is 2.44. The van der Waals surface area contributed by atoms with Gasteiger partial charge in [-0.3, -0.25) is 0 Å². The van der Waals surface area contributed by atoms with Crippen molar-refractivity contribution < 1.29 is 5.11 Å². The summed E-state index contributed by atoms with van der Waals surface area (Å²) >= 11 is 8.72. The normalized spacial score (nSPS) is 13.7. The molecule has 0 spiro atoms. The lowest BCUT2D eigenvalue weighted by molar-refractivity contribution is 0.130. The smallest absolute Gasteiger partial charge is 0.150 e. The fourth-order valence-electron chi connectivity index (χ4n) is 3.82. The van der Waals surface area contributed by atoms with Gasteiger partial charge in [-0.05, 0) is 63.4 Å². The Morgan fingerprint density at radius 3 is 1.94 bits per heavy atom. The number of benzene rings is 3. The van der Waals surface area contributed by atoms with Crippen molar-refractivity contribution in [1.29, 1.82) is 0 Å². The van der Waals surface area contributed by atoms with Crippen LogP contribution in [0.5, 0.6) is 0 Å². The van der Waals surface area contributed by atoms with Gasteiger partial charge in [0.25, 0.3) is 0 Å². The van der Waals surface area contributed by atoms with E-state index in [9.17, 15) is 5.11 Å². The van der Waals surface area contributed by atoms with Crippen LogP contribution in [0.3, 0.4) is 0 Å². The van der Waals surface area contributed by atoms with Gasteiger partial charge in [-0.2, -0.15) is 0 Å². The third-order valence-electron chi connectivity index (χ3n) is 5.57. The molecule has 0 saturated carbocycles. The molecule has 31 heavy (non-hydrogen) atoms. The molecule has 1 aromatic heterocycles. The van der Waals surface area contributed by atoms with E-state index in [4.69, 9.17) is 0 Å². The van der Waals surface area contributed by atoms with Crippen LogP contribution >= 0.6 is 43.2 Å². The third kappa shape index (κ3) is 4.45. The molecule has 3 aromatic carbocycles. The fourth-order valence-corrected chi connectivity index (χ4v) is 5.31. The van der Waals surface area contributed by atoms with Crippen molar-refractivity contribution in [2.45, 2.75) is 31.8 Å². The van der Waals surface area contributed by atoms with E-state index in [2.05, 4.69) is 95.1 Å². The second kappa shape index (κ2) is 8.67. The zero-order valence-electron chi connectivity index (χ0n) is 17.7. The summed E-state index contributed by atoms with van der Waals surface area (Å²) in [6.45, 7) is 6.61. The molecule has 4 heteroatoms. The molecule has 0 aliphatic rings. The Labute approximate surface area is 205 Å². The number of aliphatic hydroxyl groups is 1. The van der Waals surface area contributed by atoms with Crippen LogP contribution in [-0.4, -0.2) is 5.11 Å². The van der Waals surface area contributed by atoms with Gasteiger partial charge in [0.1, 0.15) is 5.60 Å². The number of hydrogen-bond acceptors (Lipinski definition) is 2. The van der Waals surface area contributed by atoms with Crippen LogP contribution in [0.15, 0.2) is 93.2 Å². The first-order chi connectivity index (χ1) is 14.7. The van der Waals surface area contributed by atoms with Gasteiger partial charge < -0.3 is 5.11 Å². The van der Waals surface area contributed by atoms with Gasteiger partial charge in [-0.25, -0.2) is 0 Å². The Bertz CT molecular complexity index is 1170. The van der Waals surface area contributed by atoms with Crippen LogP contribution in [-0.2, 0) is 11.0 Å². The van der Waals surface area contributed by atoms with Gasteiger partial charge in [-0.1, -0.05) is 101 Å². The van der Waals surface area contributed by atoms with Crippen molar-refractivity contribution in [2.24, 2.45) is 0 Å². The molecular weight excluding hydrogens is 532 g/mol. The lowest BCUT2D eigenvalue weighted by Crippen LogP contribution is -2.29. The van der Waals surface area contributed by atoms with E-state index >= 15 is 0 Å². The molecule has 1 heterocycles. The molecule has 4 aromatic rings. The largest absolute Gasteiger partial charge is 0.375 e. The van der Waals surface area contributed by atoms with Crippen LogP contribution < -0.4 is 0 Å². The van der Waals surface area contributed by atoms with Crippen molar-refractivity contribution in [3.8, 4) is 11.1 Å². The zero-order valence-corrected chi connectivity index (χ0v) is 21.7. The number of halogens is 2. The van der Waals surface area contributed by atoms with Gasteiger partial charge >= 0.3 is 0 Å². The topological polar surface area (TPSA) is 20.2 Å². The SMILES string of the molecule is CC(C)(C)c1ccc(C(O)(c2cccs2)c2cc(Br)ccc2-c2ccc(Br)cc2)cc1. The standard InChI is InChI=1S/C27H24Br2OS/c1-26(2,3)19-8-10-20(11-9-19)27(30,25-5-4-16-31-25)24-17-22(29)14-15-23(24)18-6-12-21(28)13-7-18/h4-17,30H,1-3H3. The lowest BCUT2D eigenvalue weighted by atomic mass is 9.79. The average molecular weight is 556 g/mol. The summed E-state index contributed by atoms with van der Waals surface area (Å²) < 4.78 is 1.96. The van der Waals surface area contributed by atoms with Crippen molar-refractivity contribution in [3.63, 3.8) is 0 Å². The minimum absolute atomic E-state index is 0.0535. The van der Waals surface area contributed by atoms with Gasteiger partial charge in [-0.15, -0.1) is 11.3 Å². The molecule has 1 nitrogen and oxygen atoms in total. The molecule has 0 radical (unpaired) electrons. The second-order valence-electron chi connectivity index (χ2n) is 8.71. The maximum atomic E-state index is 12.4. The van der Waals surface area contributed by atoms with Crippen molar-refractivity contribution in [3.05, 3.63) is 115 Å². The van der Waals surface area contributed by atoms with E-state index in [1.165, 1.54) is 5.56 Å². The summed E-state index contributed by atoms with van der Waals surface area (Å²) in [4.78, 5) is 0.896. The molecule has 0 fully saturated rings. The van der Waals surface area contributed by atoms with Crippen LogP contribution in [0, 0.1) is 0 Å². The monoisotopic (exact) mass is 554 g/mol. The van der Waals surface area contributed by atoms with E-state index in [0.29, 0.717) is 0 Å². The highest BCUT2D eigenvalue weighted by atomic mass is 79.9. The Balaban J connectivity index is 1.96. The quantitative estimate of drug-likeness (QED) is 0.267. The number of rotatable bonds is 4. The van der Waals surface area contributed by atoms with Gasteiger partial charge in [0.05, 0.1) is 0 Å². The van der Waals surface area contributed by atoms with E-state index < -0.39 is 5.60 Å². The maximum Gasteiger partial charge on any atom is 0.150 e. The molecule has 0 aliphatic heterocycles. The van der Waals surface area contributed by atoms with E-state index in [0.717, 1.165) is 36.1 Å². The van der Waals surface area contributed by atoms with Gasteiger partial charge in [0.2, 0.25) is 0 Å². The summed E-state index contributed by atoms with van der Waals surface area (Å²) in [5, 5.41) is 14.4. The van der Waals surface area contributed by atoms with Crippen molar-refractivity contribution in [1.82, 2.24) is 0 Å². The van der Waals surface area contributed by atoms with E-state index in [1.807, 2.05) is 41.8 Å². The maximum absolute atomic E-state index is 12.4. The van der Waals surface area contributed by atoms with E-state index in [1.54, 1.807) is 11.3 Å². The average Bonchev–Trinajstić information content (AvgIpc) is 3.29. The molecule has 0 aliphatic carbocycles. The van der Waals surface area contributed by atoms with E-state index in [-0.39, 0.29) is 5.41 Å². The van der Waals surface area contributed by atoms with Gasteiger partial charge in [0.15, 0.2) is 0 Å². The third-order valence-corrected chi connectivity index (χ3v) is 7.57. The molecule has 1 N–H and O–H groups in total. The Hall–Kier alpha value is -1.72. The first-order valence-corrected chi connectivity index (χ1v) is 12.6. The first-order valence-electron chi connectivity index (χ1n) is 10.1. The first kappa shape index (κ1) is 22.5. The lowest BCUT2D eigenvalue weighted by Gasteiger charge is -2.31. The minimum Gasteiger partial charge on any atom is -0.375 e. The van der Waals surface area contributed by atoms with Gasteiger partial charge in [0, 0.05) is 19.4 Å². The summed E-state index contributed by atoms with van der Waals surface area (Å²) in [5.74, 6) is 0.